The van der Waals surface area contributed by atoms with Crippen LogP contribution in [0.5, 0.6) is 0 Å². The maximum atomic E-state index is 11.0. The number of aryl methyl sites for hydroxylation is 2. The number of aromatic carboxylic acids is 1. The molecule has 0 aliphatic rings. The van der Waals surface area contributed by atoms with Gasteiger partial charge in [0.1, 0.15) is 0 Å². The molecule has 0 saturated carbocycles. The molecule has 0 bridgehead atoms. The van der Waals surface area contributed by atoms with Crippen molar-refractivity contribution >= 4 is 11.7 Å². The van der Waals surface area contributed by atoms with Crippen molar-refractivity contribution in [2.75, 3.05) is 5.32 Å². The lowest BCUT2D eigenvalue weighted by Gasteiger charge is -2.06. The van der Waals surface area contributed by atoms with Gasteiger partial charge in [-0.05, 0) is 19.1 Å². The van der Waals surface area contributed by atoms with Crippen LogP contribution in [0.1, 0.15) is 21.7 Å². The lowest BCUT2D eigenvalue weighted by atomic mass is 10.2. The van der Waals surface area contributed by atoms with Crippen LogP contribution in [0.3, 0.4) is 0 Å². The van der Waals surface area contributed by atoms with Crippen LogP contribution in [0.4, 0.5) is 5.69 Å². The number of hydrogen-bond acceptors (Lipinski definition) is 4. The lowest BCUT2D eigenvalue weighted by Crippen LogP contribution is -2.09. The van der Waals surface area contributed by atoms with Crippen molar-refractivity contribution in [3.63, 3.8) is 0 Å². The van der Waals surface area contributed by atoms with E-state index in [0.717, 1.165) is 11.4 Å². The Balaban J connectivity index is 2.15. The van der Waals surface area contributed by atoms with E-state index in [1.807, 2.05) is 20.2 Å². The zero-order valence-electron chi connectivity index (χ0n) is 10.2. The minimum Gasteiger partial charge on any atom is -0.478 e. The van der Waals surface area contributed by atoms with Crippen molar-refractivity contribution in [2.45, 2.75) is 13.5 Å². The number of carboxylic acids is 1. The largest absolute Gasteiger partial charge is 0.478 e. The Morgan fingerprint density at radius 2 is 2.33 bits per heavy atom. The summed E-state index contributed by atoms with van der Waals surface area (Å²) in [5.41, 5.74) is 2.46. The van der Waals surface area contributed by atoms with E-state index < -0.39 is 5.97 Å². The summed E-state index contributed by atoms with van der Waals surface area (Å²) < 4.78 is 1.70. The highest BCUT2D eigenvalue weighted by Crippen LogP contribution is 2.14. The molecule has 0 aliphatic heterocycles. The van der Waals surface area contributed by atoms with Crippen LogP contribution in [-0.2, 0) is 13.6 Å². The first-order valence-electron chi connectivity index (χ1n) is 5.49. The van der Waals surface area contributed by atoms with E-state index in [1.54, 1.807) is 23.0 Å². The molecular formula is C12H14N4O2. The smallest absolute Gasteiger partial charge is 0.337 e. The summed E-state index contributed by atoms with van der Waals surface area (Å²) in [4.78, 5) is 15.1. The van der Waals surface area contributed by atoms with Crippen LogP contribution in [-0.4, -0.2) is 25.8 Å². The highest BCUT2D eigenvalue weighted by molar-refractivity contribution is 5.88. The maximum absolute atomic E-state index is 11.0. The van der Waals surface area contributed by atoms with Gasteiger partial charge in [-0.3, -0.25) is 9.67 Å². The van der Waals surface area contributed by atoms with E-state index >= 15 is 0 Å². The number of aromatic nitrogens is 3. The highest BCUT2D eigenvalue weighted by atomic mass is 16.4. The van der Waals surface area contributed by atoms with Crippen LogP contribution in [0.2, 0.25) is 0 Å². The molecule has 18 heavy (non-hydrogen) atoms. The molecule has 2 aromatic rings. The van der Waals surface area contributed by atoms with Crippen molar-refractivity contribution < 1.29 is 9.90 Å². The Morgan fingerprint density at radius 1 is 1.56 bits per heavy atom. The number of nitrogens with one attached hydrogen (secondary N) is 1. The van der Waals surface area contributed by atoms with Gasteiger partial charge in [0, 0.05) is 19.4 Å². The van der Waals surface area contributed by atoms with Crippen LogP contribution in [0.15, 0.2) is 24.5 Å². The van der Waals surface area contributed by atoms with Crippen molar-refractivity contribution in [2.24, 2.45) is 7.05 Å². The molecule has 0 atom stereocenters. The first-order valence-corrected chi connectivity index (χ1v) is 5.49. The number of nitrogens with zero attached hydrogens (tertiary/aromatic N) is 3. The zero-order valence-corrected chi connectivity index (χ0v) is 10.2. The van der Waals surface area contributed by atoms with Crippen molar-refractivity contribution in [3.05, 3.63) is 41.5 Å². The number of anilines is 1. The number of hydrogen-bond donors (Lipinski definition) is 2. The molecule has 2 rings (SSSR count). The summed E-state index contributed by atoms with van der Waals surface area (Å²) in [7, 11) is 1.83. The Labute approximate surface area is 104 Å². The summed E-state index contributed by atoms with van der Waals surface area (Å²) in [6.07, 6.45) is 3.43. The van der Waals surface area contributed by atoms with Crippen LogP contribution < -0.4 is 5.32 Å². The fourth-order valence-electron chi connectivity index (χ4n) is 1.73. The molecule has 0 saturated heterocycles. The predicted octanol–water partition coefficient (Wildman–Crippen LogP) is 1.43. The van der Waals surface area contributed by atoms with Gasteiger partial charge in [0.25, 0.3) is 0 Å². The van der Waals surface area contributed by atoms with Gasteiger partial charge in [0.15, 0.2) is 0 Å². The molecule has 0 radical (unpaired) electrons. The van der Waals surface area contributed by atoms with Crippen LogP contribution >= 0.6 is 0 Å². The van der Waals surface area contributed by atoms with Gasteiger partial charge in [-0.1, -0.05) is 0 Å². The molecule has 2 N–H and O–H groups in total. The second-order valence-electron chi connectivity index (χ2n) is 3.96. The van der Waals surface area contributed by atoms with E-state index in [2.05, 4.69) is 15.4 Å². The van der Waals surface area contributed by atoms with E-state index in [-0.39, 0.29) is 5.56 Å². The zero-order chi connectivity index (χ0) is 13.1. The molecule has 94 valence electrons. The van der Waals surface area contributed by atoms with Crippen molar-refractivity contribution in [3.8, 4) is 0 Å². The quantitative estimate of drug-likeness (QED) is 0.853. The van der Waals surface area contributed by atoms with Gasteiger partial charge < -0.3 is 10.4 Å². The Kier molecular flexibility index (Phi) is 3.27. The van der Waals surface area contributed by atoms with E-state index in [9.17, 15) is 4.79 Å². The summed E-state index contributed by atoms with van der Waals surface area (Å²) in [5.74, 6) is -0.970. The fourth-order valence-corrected chi connectivity index (χ4v) is 1.73. The van der Waals surface area contributed by atoms with Gasteiger partial charge in [0.2, 0.25) is 0 Å². The maximum Gasteiger partial charge on any atom is 0.337 e. The normalized spacial score (nSPS) is 10.3. The van der Waals surface area contributed by atoms with Crippen molar-refractivity contribution in [1.82, 2.24) is 14.8 Å². The molecule has 0 aromatic carbocycles. The van der Waals surface area contributed by atoms with Crippen LogP contribution in [0, 0.1) is 6.92 Å². The molecule has 2 heterocycles. The third kappa shape index (κ3) is 2.48. The number of pyridine rings is 1. The average molecular weight is 246 g/mol. The molecule has 6 heteroatoms. The van der Waals surface area contributed by atoms with E-state index in [0.29, 0.717) is 12.2 Å². The number of rotatable bonds is 4. The average Bonchev–Trinajstić information content (AvgIpc) is 2.65. The van der Waals surface area contributed by atoms with Gasteiger partial charge in [-0.2, -0.15) is 5.10 Å². The standard InChI is InChI=1S/C12H14N4O2/c1-8-11(7-16(2)15-8)14-6-10-9(12(17)18)4-3-5-13-10/h3-5,7,14H,6H2,1-2H3,(H,17,18). The molecule has 0 spiro atoms. The molecule has 6 nitrogen and oxygen atoms in total. The second kappa shape index (κ2) is 4.87. The fraction of sp³-hybridized carbons (Fsp3) is 0.250. The monoisotopic (exact) mass is 246 g/mol. The first-order chi connectivity index (χ1) is 8.58. The third-order valence-corrected chi connectivity index (χ3v) is 2.58. The Bertz CT molecular complexity index is 577. The summed E-state index contributed by atoms with van der Waals surface area (Å²) in [6, 6.07) is 3.16. The molecule has 0 fully saturated rings. The summed E-state index contributed by atoms with van der Waals surface area (Å²) >= 11 is 0. The van der Waals surface area contributed by atoms with Gasteiger partial charge in [0.05, 0.1) is 29.2 Å². The van der Waals surface area contributed by atoms with E-state index in [4.69, 9.17) is 5.11 Å². The summed E-state index contributed by atoms with van der Waals surface area (Å²) in [6.45, 7) is 2.24. The predicted molar refractivity (Wildman–Crippen MR) is 66.5 cm³/mol. The lowest BCUT2D eigenvalue weighted by molar-refractivity contribution is 0.0695. The van der Waals surface area contributed by atoms with Crippen LogP contribution in [0.25, 0.3) is 0 Å². The minimum atomic E-state index is -0.970. The topological polar surface area (TPSA) is 80.0 Å². The number of carbonyl (C=O) groups is 1. The Hall–Kier alpha value is -2.37. The number of carboxylic acid groups (broad SMARTS) is 1. The molecule has 0 amide bonds. The molecule has 2 aromatic heterocycles. The third-order valence-electron chi connectivity index (χ3n) is 2.58. The van der Waals surface area contributed by atoms with Gasteiger partial charge in [-0.25, -0.2) is 4.79 Å². The summed E-state index contributed by atoms with van der Waals surface area (Å²) in [5, 5.41) is 16.4. The molecule has 0 unspecified atom stereocenters. The highest BCUT2D eigenvalue weighted by Gasteiger charge is 2.11. The SMILES string of the molecule is Cc1nn(C)cc1NCc1ncccc1C(=O)O. The molecular weight excluding hydrogens is 232 g/mol. The molecule has 0 aliphatic carbocycles. The second-order valence-corrected chi connectivity index (χ2v) is 3.96. The minimum absolute atomic E-state index is 0.214. The van der Waals surface area contributed by atoms with Crippen molar-refractivity contribution in [1.29, 1.82) is 0 Å². The first kappa shape index (κ1) is 12.1. The Morgan fingerprint density at radius 3 is 2.94 bits per heavy atom. The van der Waals surface area contributed by atoms with Gasteiger partial charge in [-0.15, -0.1) is 0 Å². The van der Waals surface area contributed by atoms with Gasteiger partial charge >= 0.3 is 5.97 Å². The van der Waals surface area contributed by atoms with E-state index in [1.165, 1.54) is 0 Å².